The van der Waals surface area contributed by atoms with Gasteiger partial charge in [0.1, 0.15) is 11.5 Å². The quantitative estimate of drug-likeness (QED) is 0.856. The van der Waals surface area contributed by atoms with Gasteiger partial charge in [-0.15, -0.1) is 11.8 Å². The molecule has 0 aliphatic carbocycles. The zero-order valence-corrected chi connectivity index (χ0v) is 12.7. The van der Waals surface area contributed by atoms with Gasteiger partial charge in [-0.25, -0.2) is 0 Å². The molecule has 2 aromatic carbocycles. The number of rotatable bonds is 5. The normalized spacial score (nSPS) is 12.0. The number of thioether (sulfide) groups is 1. The highest BCUT2D eigenvalue weighted by molar-refractivity contribution is 7.98. The summed E-state index contributed by atoms with van der Waals surface area (Å²) in [6, 6.07) is 13.7. The van der Waals surface area contributed by atoms with Crippen LogP contribution in [-0.2, 0) is 0 Å². The molecule has 0 spiro atoms. The Morgan fingerprint density at radius 3 is 2.15 bits per heavy atom. The lowest BCUT2D eigenvalue weighted by molar-refractivity contribution is 0.393. The summed E-state index contributed by atoms with van der Waals surface area (Å²) in [5, 5.41) is 0. The van der Waals surface area contributed by atoms with E-state index in [2.05, 4.69) is 18.4 Å². The molecule has 0 aliphatic rings. The monoisotopic (exact) mass is 289 g/mol. The average Bonchev–Trinajstić information content (AvgIpc) is 2.53. The molecular formula is C16H19NO2S. The van der Waals surface area contributed by atoms with Crippen molar-refractivity contribution in [3.8, 4) is 11.5 Å². The lowest BCUT2D eigenvalue weighted by Crippen LogP contribution is -2.13. The predicted molar refractivity (Wildman–Crippen MR) is 83.8 cm³/mol. The van der Waals surface area contributed by atoms with Crippen LogP contribution in [-0.4, -0.2) is 20.5 Å². The van der Waals surface area contributed by atoms with Crippen molar-refractivity contribution in [1.29, 1.82) is 0 Å². The van der Waals surface area contributed by atoms with E-state index in [-0.39, 0.29) is 6.04 Å². The Labute approximate surface area is 124 Å². The number of hydrogen-bond donors (Lipinski definition) is 1. The molecule has 0 aromatic heterocycles. The minimum Gasteiger partial charge on any atom is -0.497 e. The second-order valence-corrected chi connectivity index (χ2v) is 5.21. The second-order valence-electron chi connectivity index (χ2n) is 4.37. The molecule has 0 saturated heterocycles. The first-order chi connectivity index (χ1) is 9.69. The highest BCUT2D eigenvalue weighted by atomic mass is 32.2. The average molecular weight is 289 g/mol. The molecule has 4 heteroatoms. The fourth-order valence-corrected chi connectivity index (χ4v) is 2.76. The molecule has 0 aliphatic heterocycles. The van der Waals surface area contributed by atoms with Crippen LogP contribution >= 0.6 is 11.8 Å². The standard InChI is InChI=1S/C16H19NO2S/c1-18-12-8-11(9-13(10-12)19-2)16(17)14-6-4-5-7-15(14)20-3/h4-10,16H,17H2,1-3H3. The van der Waals surface area contributed by atoms with Crippen LogP contribution in [0, 0.1) is 0 Å². The minimum atomic E-state index is -0.206. The summed E-state index contributed by atoms with van der Waals surface area (Å²) < 4.78 is 10.6. The Morgan fingerprint density at radius 2 is 1.60 bits per heavy atom. The molecule has 1 atom stereocenters. The minimum absolute atomic E-state index is 0.206. The van der Waals surface area contributed by atoms with E-state index in [0.29, 0.717) is 0 Å². The third-order valence-electron chi connectivity index (χ3n) is 3.21. The van der Waals surface area contributed by atoms with Crippen molar-refractivity contribution in [2.24, 2.45) is 5.73 Å². The summed E-state index contributed by atoms with van der Waals surface area (Å²) in [6.07, 6.45) is 2.05. The molecule has 2 rings (SSSR count). The fourth-order valence-electron chi connectivity index (χ4n) is 2.11. The number of hydrogen-bond acceptors (Lipinski definition) is 4. The largest absolute Gasteiger partial charge is 0.497 e. The van der Waals surface area contributed by atoms with E-state index >= 15 is 0 Å². The maximum Gasteiger partial charge on any atom is 0.122 e. The summed E-state index contributed by atoms with van der Waals surface area (Å²) in [5.41, 5.74) is 8.50. The molecule has 0 amide bonds. The van der Waals surface area contributed by atoms with Gasteiger partial charge in [0.25, 0.3) is 0 Å². The van der Waals surface area contributed by atoms with Gasteiger partial charge in [-0.05, 0) is 35.6 Å². The van der Waals surface area contributed by atoms with E-state index < -0.39 is 0 Å². The Bertz CT molecular complexity index is 564. The zero-order chi connectivity index (χ0) is 14.5. The third-order valence-corrected chi connectivity index (χ3v) is 4.02. The molecule has 0 saturated carbocycles. The fraction of sp³-hybridized carbons (Fsp3) is 0.250. The third kappa shape index (κ3) is 3.08. The van der Waals surface area contributed by atoms with Crippen LogP contribution in [0.15, 0.2) is 47.4 Å². The highest BCUT2D eigenvalue weighted by Gasteiger charge is 2.14. The van der Waals surface area contributed by atoms with Gasteiger partial charge < -0.3 is 15.2 Å². The molecule has 0 fully saturated rings. The highest BCUT2D eigenvalue weighted by Crippen LogP contribution is 2.32. The van der Waals surface area contributed by atoms with Gasteiger partial charge >= 0.3 is 0 Å². The van der Waals surface area contributed by atoms with Crippen LogP contribution in [0.3, 0.4) is 0 Å². The maximum absolute atomic E-state index is 6.42. The maximum atomic E-state index is 6.42. The molecule has 2 N–H and O–H groups in total. The van der Waals surface area contributed by atoms with Crippen molar-refractivity contribution in [2.75, 3.05) is 20.5 Å². The van der Waals surface area contributed by atoms with Crippen LogP contribution in [0.2, 0.25) is 0 Å². The van der Waals surface area contributed by atoms with Crippen molar-refractivity contribution >= 4 is 11.8 Å². The molecule has 106 valence electrons. The Morgan fingerprint density at radius 1 is 1.00 bits per heavy atom. The van der Waals surface area contributed by atoms with Gasteiger partial charge in [0, 0.05) is 11.0 Å². The van der Waals surface area contributed by atoms with Gasteiger partial charge in [0.05, 0.1) is 20.3 Å². The molecule has 0 bridgehead atoms. The van der Waals surface area contributed by atoms with Crippen molar-refractivity contribution in [3.63, 3.8) is 0 Å². The van der Waals surface area contributed by atoms with Crippen molar-refractivity contribution in [2.45, 2.75) is 10.9 Å². The van der Waals surface area contributed by atoms with E-state index in [1.54, 1.807) is 26.0 Å². The molecule has 0 heterocycles. The molecule has 2 aromatic rings. The summed E-state index contributed by atoms with van der Waals surface area (Å²) >= 11 is 1.70. The summed E-state index contributed by atoms with van der Waals surface area (Å²) in [4.78, 5) is 1.18. The molecule has 1 unspecified atom stereocenters. The van der Waals surface area contributed by atoms with Gasteiger partial charge in [-0.3, -0.25) is 0 Å². The van der Waals surface area contributed by atoms with E-state index in [1.807, 2.05) is 30.3 Å². The summed E-state index contributed by atoms with van der Waals surface area (Å²) in [6.45, 7) is 0. The van der Waals surface area contributed by atoms with E-state index in [9.17, 15) is 0 Å². The molecule has 0 radical (unpaired) electrons. The zero-order valence-electron chi connectivity index (χ0n) is 11.9. The SMILES string of the molecule is COc1cc(OC)cc(C(N)c2ccccc2SC)c1. The van der Waals surface area contributed by atoms with Crippen LogP contribution in [0.4, 0.5) is 0 Å². The number of nitrogens with two attached hydrogens (primary N) is 1. The molecule has 3 nitrogen and oxygen atoms in total. The molecule has 20 heavy (non-hydrogen) atoms. The van der Waals surface area contributed by atoms with Crippen LogP contribution in [0.25, 0.3) is 0 Å². The topological polar surface area (TPSA) is 44.5 Å². The van der Waals surface area contributed by atoms with Gasteiger partial charge in [-0.1, -0.05) is 18.2 Å². The van der Waals surface area contributed by atoms with E-state index in [1.165, 1.54) is 4.90 Å². The first kappa shape index (κ1) is 14.8. The number of benzene rings is 2. The van der Waals surface area contributed by atoms with Crippen LogP contribution < -0.4 is 15.2 Å². The van der Waals surface area contributed by atoms with E-state index in [0.717, 1.165) is 22.6 Å². The first-order valence-corrected chi connectivity index (χ1v) is 7.53. The lowest BCUT2D eigenvalue weighted by Gasteiger charge is -2.17. The lowest BCUT2D eigenvalue weighted by atomic mass is 9.99. The Hall–Kier alpha value is -1.65. The molecular weight excluding hydrogens is 270 g/mol. The van der Waals surface area contributed by atoms with Crippen LogP contribution in [0.5, 0.6) is 11.5 Å². The van der Waals surface area contributed by atoms with E-state index in [4.69, 9.17) is 15.2 Å². The second kappa shape index (κ2) is 6.68. The van der Waals surface area contributed by atoms with Gasteiger partial charge in [0.15, 0.2) is 0 Å². The van der Waals surface area contributed by atoms with Crippen molar-refractivity contribution in [3.05, 3.63) is 53.6 Å². The Kier molecular flexibility index (Phi) is 4.93. The predicted octanol–water partition coefficient (Wildman–Crippen LogP) is 3.47. The van der Waals surface area contributed by atoms with Gasteiger partial charge in [0.2, 0.25) is 0 Å². The summed E-state index contributed by atoms with van der Waals surface area (Å²) in [5.74, 6) is 1.49. The first-order valence-electron chi connectivity index (χ1n) is 6.31. The van der Waals surface area contributed by atoms with Gasteiger partial charge in [-0.2, -0.15) is 0 Å². The van der Waals surface area contributed by atoms with Crippen molar-refractivity contribution in [1.82, 2.24) is 0 Å². The summed E-state index contributed by atoms with van der Waals surface area (Å²) in [7, 11) is 3.28. The number of ether oxygens (including phenoxy) is 2. The smallest absolute Gasteiger partial charge is 0.122 e. The van der Waals surface area contributed by atoms with Crippen molar-refractivity contribution < 1.29 is 9.47 Å². The Balaban J connectivity index is 2.44. The number of methoxy groups -OCH3 is 2. The van der Waals surface area contributed by atoms with Crippen LogP contribution in [0.1, 0.15) is 17.2 Å².